The van der Waals surface area contributed by atoms with E-state index in [0.717, 1.165) is 31.7 Å². The van der Waals surface area contributed by atoms with Crippen molar-refractivity contribution in [1.29, 1.82) is 0 Å². The zero-order valence-corrected chi connectivity index (χ0v) is 11.0. The predicted octanol–water partition coefficient (Wildman–Crippen LogP) is 1.82. The Bertz CT molecular complexity index is 353. The van der Waals surface area contributed by atoms with Crippen molar-refractivity contribution >= 4 is 5.82 Å². The van der Waals surface area contributed by atoms with Gasteiger partial charge in [-0.3, -0.25) is 0 Å². The van der Waals surface area contributed by atoms with Crippen molar-refractivity contribution in [1.82, 2.24) is 15.3 Å². The Morgan fingerprint density at radius 1 is 1.50 bits per heavy atom. The summed E-state index contributed by atoms with van der Waals surface area (Å²) >= 11 is 0. The van der Waals surface area contributed by atoms with E-state index in [1.165, 1.54) is 12.8 Å². The molecule has 18 heavy (non-hydrogen) atoms. The normalized spacial score (nSPS) is 18.8. The molecule has 0 unspecified atom stereocenters. The molecule has 0 aromatic carbocycles. The Labute approximate surface area is 108 Å². The van der Waals surface area contributed by atoms with E-state index < -0.39 is 0 Å². The number of ether oxygens (including phenoxy) is 1. The first-order valence-electron chi connectivity index (χ1n) is 6.80. The van der Waals surface area contributed by atoms with Crippen molar-refractivity contribution in [2.75, 3.05) is 25.0 Å². The van der Waals surface area contributed by atoms with Gasteiger partial charge in [0.1, 0.15) is 12.1 Å². The predicted molar refractivity (Wildman–Crippen MR) is 71.9 cm³/mol. The average molecular weight is 250 g/mol. The SMILES string of the molecule is CCCOc1cc(NCC[C@@H]2CCCN2)ncn1. The van der Waals surface area contributed by atoms with E-state index in [2.05, 4.69) is 27.5 Å². The van der Waals surface area contributed by atoms with E-state index in [1.807, 2.05) is 6.07 Å². The topological polar surface area (TPSA) is 59.1 Å². The van der Waals surface area contributed by atoms with Crippen LogP contribution in [0, 0.1) is 0 Å². The van der Waals surface area contributed by atoms with Gasteiger partial charge in [0.2, 0.25) is 5.88 Å². The maximum Gasteiger partial charge on any atom is 0.218 e. The minimum atomic E-state index is 0.647. The zero-order chi connectivity index (χ0) is 12.6. The summed E-state index contributed by atoms with van der Waals surface area (Å²) in [6.45, 7) is 4.87. The number of aromatic nitrogens is 2. The molecule has 1 aromatic rings. The molecule has 2 heterocycles. The molecule has 0 radical (unpaired) electrons. The van der Waals surface area contributed by atoms with E-state index in [1.54, 1.807) is 6.33 Å². The number of nitrogens with one attached hydrogen (secondary N) is 2. The highest BCUT2D eigenvalue weighted by Crippen LogP contribution is 2.12. The van der Waals surface area contributed by atoms with Crippen LogP contribution in [-0.2, 0) is 0 Å². The maximum absolute atomic E-state index is 5.47. The van der Waals surface area contributed by atoms with Gasteiger partial charge in [0.25, 0.3) is 0 Å². The molecule has 1 aliphatic heterocycles. The highest BCUT2D eigenvalue weighted by atomic mass is 16.5. The molecule has 1 aromatic heterocycles. The molecule has 1 saturated heterocycles. The number of nitrogens with zero attached hydrogens (tertiary/aromatic N) is 2. The summed E-state index contributed by atoms with van der Waals surface area (Å²) in [7, 11) is 0. The summed E-state index contributed by atoms with van der Waals surface area (Å²) in [5.41, 5.74) is 0. The average Bonchev–Trinajstić information content (AvgIpc) is 2.90. The van der Waals surface area contributed by atoms with Crippen LogP contribution in [0.5, 0.6) is 5.88 Å². The minimum absolute atomic E-state index is 0.647. The van der Waals surface area contributed by atoms with E-state index >= 15 is 0 Å². The van der Waals surface area contributed by atoms with Crippen LogP contribution in [0.3, 0.4) is 0 Å². The molecule has 2 rings (SSSR count). The first kappa shape index (κ1) is 13.1. The number of hydrogen-bond donors (Lipinski definition) is 2. The number of rotatable bonds is 7. The lowest BCUT2D eigenvalue weighted by atomic mass is 10.1. The molecule has 1 fully saturated rings. The largest absolute Gasteiger partial charge is 0.478 e. The Hall–Kier alpha value is -1.36. The van der Waals surface area contributed by atoms with Crippen molar-refractivity contribution < 1.29 is 4.74 Å². The Kier molecular flexibility index (Phi) is 5.20. The molecular weight excluding hydrogens is 228 g/mol. The van der Waals surface area contributed by atoms with E-state index in [9.17, 15) is 0 Å². The van der Waals surface area contributed by atoms with Crippen molar-refractivity contribution in [3.05, 3.63) is 12.4 Å². The second-order valence-electron chi connectivity index (χ2n) is 4.60. The van der Waals surface area contributed by atoms with Gasteiger partial charge in [-0.2, -0.15) is 0 Å². The fourth-order valence-electron chi connectivity index (χ4n) is 2.10. The van der Waals surface area contributed by atoms with Crippen LogP contribution in [0.25, 0.3) is 0 Å². The van der Waals surface area contributed by atoms with Crippen LogP contribution in [0.15, 0.2) is 12.4 Å². The Balaban J connectivity index is 1.74. The zero-order valence-electron chi connectivity index (χ0n) is 11.0. The summed E-state index contributed by atoms with van der Waals surface area (Å²) < 4.78 is 5.47. The quantitative estimate of drug-likeness (QED) is 0.773. The monoisotopic (exact) mass is 250 g/mol. The van der Waals surface area contributed by atoms with Gasteiger partial charge >= 0.3 is 0 Å². The van der Waals surface area contributed by atoms with Gasteiger partial charge in [0.05, 0.1) is 6.61 Å². The van der Waals surface area contributed by atoms with Gasteiger partial charge in [-0.25, -0.2) is 9.97 Å². The van der Waals surface area contributed by atoms with Gasteiger partial charge in [-0.1, -0.05) is 6.92 Å². The summed E-state index contributed by atoms with van der Waals surface area (Å²) in [5, 5.41) is 6.80. The standard InChI is InChI=1S/C13H22N4O/c1-2-8-18-13-9-12(16-10-17-13)15-7-5-11-4-3-6-14-11/h9-11,14H,2-8H2,1H3,(H,15,16,17)/t11-/m0/s1. The summed E-state index contributed by atoms with van der Waals surface area (Å²) in [5.74, 6) is 1.49. The maximum atomic E-state index is 5.47. The first-order valence-corrected chi connectivity index (χ1v) is 6.80. The highest BCUT2D eigenvalue weighted by molar-refractivity contribution is 5.36. The van der Waals surface area contributed by atoms with Gasteiger partial charge < -0.3 is 15.4 Å². The molecule has 5 heteroatoms. The summed E-state index contributed by atoms with van der Waals surface area (Å²) in [4.78, 5) is 8.27. The molecule has 0 bridgehead atoms. The Morgan fingerprint density at radius 3 is 3.22 bits per heavy atom. The van der Waals surface area contributed by atoms with Crippen LogP contribution in [0.2, 0.25) is 0 Å². The molecule has 1 atom stereocenters. The van der Waals surface area contributed by atoms with E-state index in [4.69, 9.17) is 4.74 Å². The van der Waals surface area contributed by atoms with Crippen molar-refractivity contribution in [3.8, 4) is 5.88 Å². The molecule has 100 valence electrons. The number of anilines is 1. The van der Waals surface area contributed by atoms with Crippen molar-refractivity contribution in [2.45, 2.75) is 38.6 Å². The molecule has 2 N–H and O–H groups in total. The van der Waals surface area contributed by atoms with Gasteiger partial charge in [-0.05, 0) is 32.2 Å². The lowest BCUT2D eigenvalue weighted by molar-refractivity contribution is 0.305. The van der Waals surface area contributed by atoms with Crippen LogP contribution in [-0.4, -0.2) is 35.7 Å². The molecule has 1 aliphatic rings. The van der Waals surface area contributed by atoms with Crippen molar-refractivity contribution in [3.63, 3.8) is 0 Å². The lowest BCUT2D eigenvalue weighted by Crippen LogP contribution is -2.24. The minimum Gasteiger partial charge on any atom is -0.478 e. The molecule has 0 amide bonds. The third-order valence-corrected chi connectivity index (χ3v) is 3.06. The van der Waals surface area contributed by atoms with Crippen molar-refractivity contribution in [2.24, 2.45) is 0 Å². The van der Waals surface area contributed by atoms with Gasteiger partial charge in [0.15, 0.2) is 0 Å². The van der Waals surface area contributed by atoms with E-state index in [-0.39, 0.29) is 0 Å². The smallest absolute Gasteiger partial charge is 0.218 e. The molecule has 5 nitrogen and oxygen atoms in total. The number of hydrogen-bond acceptors (Lipinski definition) is 5. The lowest BCUT2D eigenvalue weighted by Gasteiger charge is -2.11. The second kappa shape index (κ2) is 7.16. The summed E-state index contributed by atoms with van der Waals surface area (Å²) in [6, 6.07) is 2.52. The molecule has 0 spiro atoms. The summed E-state index contributed by atoms with van der Waals surface area (Å²) in [6.07, 6.45) is 6.25. The van der Waals surface area contributed by atoms with Crippen LogP contribution in [0.1, 0.15) is 32.6 Å². The van der Waals surface area contributed by atoms with Crippen LogP contribution >= 0.6 is 0 Å². The molecule has 0 saturated carbocycles. The van der Waals surface area contributed by atoms with Gasteiger partial charge in [-0.15, -0.1) is 0 Å². The third-order valence-electron chi connectivity index (χ3n) is 3.06. The third kappa shape index (κ3) is 4.14. The first-order chi connectivity index (χ1) is 8.88. The molecular formula is C13H22N4O. The van der Waals surface area contributed by atoms with Gasteiger partial charge in [0, 0.05) is 18.7 Å². The fourth-order valence-corrected chi connectivity index (χ4v) is 2.10. The fraction of sp³-hybridized carbons (Fsp3) is 0.692. The molecule has 0 aliphatic carbocycles. The van der Waals surface area contributed by atoms with Crippen LogP contribution in [0.4, 0.5) is 5.82 Å². The highest BCUT2D eigenvalue weighted by Gasteiger charge is 2.12. The van der Waals surface area contributed by atoms with E-state index in [0.29, 0.717) is 18.5 Å². The van der Waals surface area contributed by atoms with Crippen LogP contribution < -0.4 is 15.4 Å². The second-order valence-corrected chi connectivity index (χ2v) is 4.60. The Morgan fingerprint density at radius 2 is 2.44 bits per heavy atom.